The number of ether oxygens (including phenoxy) is 1. The summed E-state index contributed by atoms with van der Waals surface area (Å²) >= 11 is 2.04. The molecule has 17 heavy (non-hydrogen) atoms. The van der Waals surface area contributed by atoms with Crippen molar-refractivity contribution in [2.24, 2.45) is 5.73 Å². The van der Waals surface area contributed by atoms with Crippen LogP contribution in [0.2, 0.25) is 0 Å². The molecule has 0 aromatic carbocycles. The highest BCUT2D eigenvalue weighted by Crippen LogP contribution is 2.42. The molecule has 2 nitrogen and oxygen atoms in total. The molecule has 2 atom stereocenters. The lowest BCUT2D eigenvalue weighted by molar-refractivity contribution is -0.0555. The van der Waals surface area contributed by atoms with Crippen LogP contribution in [-0.2, 0) is 4.74 Å². The van der Waals surface area contributed by atoms with Crippen LogP contribution in [0.5, 0.6) is 0 Å². The van der Waals surface area contributed by atoms with Crippen LogP contribution < -0.4 is 5.73 Å². The quantitative estimate of drug-likeness (QED) is 0.820. The van der Waals surface area contributed by atoms with Gasteiger partial charge in [-0.3, -0.25) is 0 Å². The normalized spacial score (nSPS) is 29.6. The first-order chi connectivity index (χ1) is 8.24. The lowest BCUT2D eigenvalue weighted by Crippen LogP contribution is -2.32. The summed E-state index contributed by atoms with van der Waals surface area (Å²) in [7, 11) is 0. The average Bonchev–Trinajstić information content (AvgIpc) is 2.71. The zero-order valence-electron chi connectivity index (χ0n) is 11.1. The first kappa shape index (κ1) is 13.7. The minimum absolute atomic E-state index is 0.292. The molecule has 2 rings (SSSR count). The molecule has 2 aliphatic rings. The molecule has 0 aromatic rings. The fraction of sp³-hybridized carbons (Fsp3) is 1.00. The fourth-order valence-electron chi connectivity index (χ4n) is 3.17. The lowest BCUT2D eigenvalue weighted by Gasteiger charge is -2.33. The molecule has 1 heterocycles. The summed E-state index contributed by atoms with van der Waals surface area (Å²) in [5.74, 6) is 1.17. The Morgan fingerprint density at radius 1 is 1.29 bits per heavy atom. The van der Waals surface area contributed by atoms with Gasteiger partial charge in [0.25, 0.3) is 0 Å². The van der Waals surface area contributed by atoms with Crippen LogP contribution in [0.4, 0.5) is 0 Å². The van der Waals surface area contributed by atoms with Gasteiger partial charge in [0, 0.05) is 11.0 Å². The second-order valence-corrected chi connectivity index (χ2v) is 7.21. The summed E-state index contributed by atoms with van der Waals surface area (Å²) < 4.78 is 6.37. The van der Waals surface area contributed by atoms with Gasteiger partial charge >= 0.3 is 0 Å². The van der Waals surface area contributed by atoms with Crippen molar-refractivity contribution in [1.82, 2.24) is 0 Å². The van der Waals surface area contributed by atoms with E-state index in [1.807, 2.05) is 11.8 Å². The summed E-state index contributed by atoms with van der Waals surface area (Å²) in [6.45, 7) is 3.09. The van der Waals surface area contributed by atoms with Gasteiger partial charge < -0.3 is 10.5 Å². The van der Waals surface area contributed by atoms with E-state index in [2.05, 4.69) is 6.92 Å². The van der Waals surface area contributed by atoms with Gasteiger partial charge in [-0.15, -0.1) is 0 Å². The van der Waals surface area contributed by atoms with Crippen LogP contribution in [-0.4, -0.2) is 29.3 Å². The third-order valence-corrected chi connectivity index (χ3v) is 5.61. The van der Waals surface area contributed by atoms with Crippen LogP contribution >= 0.6 is 11.8 Å². The SMILES string of the molecule is CC(CCN)SCC1CCC2(CCCCC2)O1. The van der Waals surface area contributed by atoms with Crippen LogP contribution in [0.15, 0.2) is 0 Å². The molecular formula is C14H27NOS. The second kappa shape index (κ2) is 6.44. The number of nitrogens with two attached hydrogens (primary N) is 1. The summed E-state index contributed by atoms with van der Waals surface area (Å²) in [6.07, 6.45) is 11.0. The Bertz CT molecular complexity index is 228. The van der Waals surface area contributed by atoms with E-state index in [1.165, 1.54) is 50.7 Å². The van der Waals surface area contributed by atoms with Crippen molar-refractivity contribution >= 4 is 11.8 Å². The Hall–Kier alpha value is 0.270. The predicted molar refractivity (Wildman–Crippen MR) is 75.5 cm³/mol. The van der Waals surface area contributed by atoms with Gasteiger partial charge in [0.1, 0.15) is 0 Å². The molecule has 1 aliphatic carbocycles. The van der Waals surface area contributed by atoms with E-state index < -0.39 is 0 Å². The van der Waals surface area contributed by atoms with Gasteiger partial charge in [0.15, 0.2) is 0 Å². The van der Waals surface area contributed by atoms with E-state index in [9.17, 15) is 0 Å². The predicted octanol–water partition coefficient (Wildman–Crippen LogP) is 3.34. The van der Waals surface area contributed by atoms with Gasteiger partial charge in [0.05, 0.1) is 11.7 Å². The molecule has 1 aliphatic heterocycles. The molecule has 2 unspecified atom stereocenters. The third kappa shape index (κ3) is 3.87. The average molecular weight is 257 g/mol. The molecule has 0 amide bonds. The minimum Gasteiger partial charge on any atom is -0.371 e. The second-order valence-electron chi connectivity index (χ2n) is 5.74. The molecule has 2 N–H and O–H groups in total. The first-order valence-corrected chi connectivity index (χ1v) is 8.28. The molecule has 0 radical (unpaired) electrons. The maximum Gasteiger partial charge on any atom is 0.0687 e. The van der Waals surface area contributed by atoms with Gasteiger partial charge in [-0.25, -0.2) is 0 Å². The Morgan fingerprint density at radius 3 is 2.76 bits per heavy atom. The monoisotopic (exact) mass is 257 g/mol. The molecule has 1 saturated carbocycles. The van der Waals surface area contributed by atoms with Gasteiger partial charge in [-0.1, -0.05) is 26.2 Å². The number of thioether (sulfide) groups is 1. The van der Waals surface area contributed by atoms with E-state index >= 15 is 0 Å². The number of hydrogen-bond acceptors (Lipinski definition) is 3. The summed E-state index contributed by atoms with van der Waals surface area (Å²) in [6, 6.07) is 0. The van der Waals surface area contributed by atoms with Crippen LogP contribution in [0.25, 0.3) is 0 Å². The van der Waals surface area contributed by atoms with Gasteiger partial charge in [-0.05, 0) is 38.6 Å². The van der Waals surface area contributed by atoms with E-state index in [0.717, 1.165) is 13.0 Å². The van der Waals surface area contributed by atoms with E-state index in [4.69, 9.17) is 10.5 Å². The van der Waals surface area contributed by atoms with Crippen LogP contribution in [0.3, 0.4) is 0 Å². The molecular weight excluding hydrogens is 230 g/mol. The lowest BCUT2D eigenvalue weighted by atomic mass is 9.83. The van der Waals surface area contributed by atoms with Gasteiger partial charge in [0.2, 0.25) is 0 Å². The van der Waals surface area contributed by atoms with Crippen molar-refractivity contribution in [3.05, 3.63) is 0 Å². The number of rotatable bonds is 5. The maximum absolute atomic E-state index is 6.37. The Morgan fingerprint density at radius 2 is 2.06 bits per heavy atom. The van der Waals surface area contributed by atoms with E-state index in [1.54, 1.807) is 0 Å². The molecule has 3 heteroatoms. The highest BCUT2D eigenvalue weighted by atomic mass is 32.2. The zero-order chi connectivity index (χ0) is 12.1. The van der Waals surface area contributed by atoms with Crippen LogP contribution in [0, 0.1) is 0 Å². The Labute approximate surface area is 110 Å². The molecule has 0 aromatic heterocycles. The minimum atomic E-state index is 0.292. The van der Waals surface area contributed by atoms with Crippen LogP contribution in [0.1, 0.15) is 58.3 Å². The smallest absolute Gasteiger partial charge is 0.0687 e. The Kier molecular flexibility index (Phi) is 5.19. The molecule has 1 spiro atoms. The standard InChI is InChI=1S/C14H27NOS/c1-12(6-10-15)17-11-13-5-9-14(16-13)7-3-2-4-8-14/h12-13H,2-11,15H2,1H3. The molecule has 1 saturated heterocycles. The molecule has 100 valence electrons. The van der Waals surface area contributed by atoms with Gasteiger partial charge in [-0.2, -0.15) is 11.8 Å². The van der Waals surface area contributed by atoms with Crippen molar-refractivity contribution < 1.29 is 4.74 Å². The summed E-state index contributed by atoms with van der Waals surface area (Å²) in [4.78, 5) is 0. The largest absolute Gasteiger partial charge is 0.371 e. The van der Waals surface area contributed by atoms with Crippen molar-refractivity contribution in [1.29, 1.82) is 0 Å². The summed E-state index contributed by atoms with van der Waals surface area (Å²) in [5, 5.41) is 0.687. The van der Waals surface area contributed by atoms with Crippen molar-refractivity contribution in [3.8, 4) is 0 Å². The van der Waals surface area contributed by atoms with Crippen molar-refractivity contribution in [2.75, 3.05) is 12.3 Å². The highest BCUT2D eigenvalue weighted by molar-refractivity contribution is 7.99. The first-order valence-electron chi connectivity index (χ1n) is 7.24. The number of hydrogen-bond donors (Lipinski definition) is 1. The zero-order valence-corrected chi connectivity index (χ0v) is 11.9. The fourth-order valence-corrected chi connectivity index (χ4v) is 4.25. The highest BCUT2D eigenvalue weighted by Gasteiger charge is 2.40. The van der Waals surface area contributed by atoms with Crippen molar-refractivity contribution in [3.63, 3.8) is 0 Å². The topological polar surface area (TPSA) is 35.2 Å². The summed E-state index contributed by atoms with van der Waals surface area (Å²) in [5.41, 5.74) is 5.87. The molecule has 2 fully saturated rings. The third-order valence-electron chi connectivity index (χ3n) is 4.24. The maximum atomic E-state index is 6.37. The van der Waals surface area contributed by atoms with Crippen molar-refractivity contribution in [2.45, 2.75) is 75.2 Å². The van der Waals surface area contributed by atoms with E-state index in [0.29, 0.717) is 17.0 Å². The molecule has 0 bridgehead atoms. The Balaban J connectivity index is 1.70. The van der Waals surface area contributed by atoms with E-state index in [-0.39, 0.29) is 0 Å².